The van der Waals surface area contributed by atoms with E-state index < -0.39 is 5.60 Å². The Morgan fingerprint density at radius 1 is 0.946 bits per heavy atom. The number of benzene rings is 2. The quantitative estimate of drug-likeness (QED) is 0.407. The van der Waals surface area contributed by atoms with Crippen molar-refractivity contribution in [2.75, 3.05) is 13.1 Å². The molecule has 1 N–H and O–H groups in total. The van der Waals surface area contributed by atoms with E-state index in [1.54, 1.807) is 67.3 Å². The molecule has 192 valence electrons. The summed E-state index contributed by atoms with van der Waals surface area (Å²) >= 11 is 5.90. The van der Waals surface area contributed by atoms with Gasteiger partial charge in [0.2, 0.25) is 0 Å². The summed E-state index contributed by atoms with van der Waals surface area (Å²) in [5.74, 6) is 0.0401. The third-order valence-electron chi connectivity index (χ3n) is 6.31. The number of halogens is 1. The molecule has 2 amide bonds. The standard InChI is InChI=1S/C29H30ClN3O4/c1-29(2,37-25-14-10-21(11-15-25)26(34)20-8-12-23(30)13-9-20)28(36)33-18-16-24(17-19-33)31-32-27(35)22-6-4-3-5-7-22/h4,6-15H,3,5,16-19H2,1-2H3,(H,32,35). The van der Waals surface area contributed by atoms with Crippen molar-refractivity contribution in [2.24, 2.45) is 5.10 Å². The van der Waals surface area contributed by atoms with E-state index in [0.717, 1.165) is 18.6 Å². The third kappa shape index (κ3) is 6.74. The number of hydrazone groups is 1. The molecule has 2 aromatic rings. The van der Waals surface area contributed by atoms with Crippen molar-refractivity contribution < 1.29 is 19.1 Å². The number of piperidine rings is 1. The first-order valence-corrected chi connectivity index (χ1v) is 12.7. The van der Waals surface area contributed by atoms with Crippen molar-refractivity contribution in [1.82, 2.24) is 10.3 Å². The lowest BCUT2D eigenvalue weighted by Crippen LogP contribution is -2.51. The number of rotatable bonds is 7. The molecule has 1 aliphatic heterocycles. The predicted molar refractivity (Wildman–Crippen MR) is 144 cm³/mol. The summed E-state index contributed by atoms with van der Waals surface area (Å²) in [6.45, 7) is 4.46. The van der Waals surface area contributed by atoms with Crippen molar-refractivity contribution in [3.05, 3.63) is 88.5 Å². The number of carbonyl (C=O) groups excluding carboxylic acids is 3. The topological polar surface area (TPSA) is 88.1 Å². The summed E-state index contributed by atoms with van der Waals surface area (Å²) in [5.41, 5.74) is 4.08. The number of carbonyl (C=O) groups is 3. The highest BCUT2D eigenvalue weighted by Crippen LogP contribution is 2.24. The van der Waals surface area contributed by atoms with Crippen LogP contribution < -0.4 is 10.2 Å². The number of nitrogens with zero attached hydrogens (tertiary/aromatic N) is 2. The SMILES string of the molecule is CC(C)(Oc1ccc(C(=O)c2ccc(Cl)cc2)cc1)C(=O)N1CCC(=NNC(=O)C2=CCCC=C2)CC1. The number of likely N-dealkylation sites (tertiary alicyclic amines) is 1. The van der Waals surface area contributed by atoms with Gasteiger partial charge in [0.05, 0.1) is 0 Å². The van der Waals surface area contributed by atoms with Crippen molar-refractivity contribution in [2.45, 2.75) is 45.1 Å². The number of allylic oxidation sites excluding steroid dienone is 2. The molecular weight excluding hydrogens is 490 g/mol. The average Bonchev–Trinajstić information content (AvgIpc) is 2.92. The third-order valence-corrected chi connectivity index (χ3v) is 6.56. The van der Waals surface area contributed by atoms with E-state index in [0.29, 0.717) is 53.4 Å². The number of hydrogen-bond acceptors (Lipinski definition) is 5. The Balaban J connectivity index is 1.30. The van der Waals surface area contributed by atoms with Crippen LogP contribution in [-0.2, 0) is 9.59 Å². The lowest BCUT2D eigenvalue weighted by atomic mass is 10.0. The summed E-state index contributed by atoms with van der Waals surface area (Å²) in [4.78, 5) is 39.9. The maximum Gasteiger partial charge on any atom is 0.271 e. The lowest BCUT2D eigenvalue weighted by molar-refractivity contribution is -0.145. The fourth-order valence-electron chi connectivity index (χ4n) is 4.22. The van der Waals surface area contributed by atoms with Crippen LogP contribution in [0.1, 0.15) is 55.5 Å². The molecule has 0 saturated carbocycles. The number of nitrogens with one attached hydrogen (secondary N) is 1. The molecule has 0 bridgehead atoms. The normalized spacial score (nSPS) is 15.6. The van der Waals surface area contributed by atoms with E-state index in [4.69, 9.17) is 16.3 Å². The van der Waals surface area contributed by atoms with Crippen molar-refractivity contribution in [3.63, 3.8) is 0 Å². The molecule has 0 spiro atoms. The van der Waals surface area contributed by atoms with E-state index in [1.807, 2.05) is 18.2 Å². The molecule has 37 heavy (non-hydrogen) atoms. The average molecular weight is 520 g/mol. The van der Waals surface area contributed by atoms with Gasteiger partial charge in [-0.25, -0.2) is 5.43 Å². The zero-order valence-corrected chi connectivity index (χ0v) is 21.8. The Bertz CT molecular complexity index is 1250. The summed E-state index contributed by atoms with van der Waals surface area (Å²) in [7, 11) is 0. The maximum absolute atomic E-state index is 13.2. The van der Waals surface area contributed by atoms with E-state index in [2.05, 4.69) is 10.5 Å². The Morgan fingerprint density at radius 3 is 2.16 bits per heavy atom. The molecule has 4 rings (SSSR count). The molecule has 2 aliphatic rings. The molecule has 8 heteroatoms. The fourth-order valence-corrected chi connectivity index (χ4v) is 4.34. The van der Waals surface area contributed by atoms with Crippen LogP contribution in [0.4, 0.5) is 0 Å². The maximum atomic E-state index is 13.2. The first kappa shape index (κ1) is 26.4. The minimum Gasteiger partial charge on any atom is -0.478 e. The Kier molecular flexibility index (Phi) is 8.24. The zero-order valence-electron chi connectivity index (χ0n) is 21.0. The molecule has 1 heterocycles. The second kappa shape index (κ2) is 11.6. The van der Waals surface area contributed by atoms with Gasteiger partial charge in [0.1, 0.15) is 5.75 Å². The van der Waals surface area contributed by atoms with Crippen molar-refractivity contribution in [1.29, 1.82) is 0 Å². The smallest absolute Gasteiger partial charge is 0.271 e. The van der Waals surface area contributed by atoms with Crippen LogP contribution in [0.3, 0.4) is 0 Å². The van der Waals surface area contributed by atoms with Gasteiger partial charge >= 0.3 is 0 Å². The van der Waals surface area contributed by atoms with Crippen LogP contribution in [-0.4, -0.2) is 46.9 Å². The van der Waals surface area contributed by atoms with Gasteiger partial charge in [-0.15, -0.1) is 0 Å². The molecular formula is C29H30ClN3O4. The second-order valence-corrected chi connectivity index (χ2v) is 9.96. The zero-order chi connectivity index (χ0) is 26.4. The highest BCUT2D eigenvalue weighted by atomic mass is 35.5. The summed E-state index contributed by atoms with van der Waals surface area (Å²) in [6.07, 6.45) is 8.67. The van der Waals surface area contributed by atoms with Gasteiger partial charge in [-0.2, -0.15) is 5.10 Å². The summed E-state index contributed by atoms with van der Waals surface area (Å²) < 4.78 is 6.03. The molecule has 1 saturated heterocycles. The molecule has 0 aromatic heterocycles. The predicted octanol–water partition coefficient (Wildman–Crippen LogP) is 5.10. The van der Waals surface area contributed by atoms with Crippen LogP contribution in [0.15, 0.2) is 77.4 Å². The van der Waals surface area contributed by atoms with Gasteiger partial charge in [-0.05, 0) is 75.2 Å². The minimum absolute atomic E-state index is 0.118. The molecule has 1 fully saturated rings. The fraction of sp³-hybridized carbons (Fsp3) is 0.310. The Labute approximate surface area is 221 Å². The molecule has 0 unspecified atom stereocenters. The van der Waals surface area contributed by atoms with E-state index in [-0.39, 0.29) is 17.6 Å². The minimum atomic E-state index is -1.09. The lowest BCUT2D eigenvalue weighted by Gasteiger charge is -2.34. The first-order valence-electron chi connectivity index (χ1n) is 12.3. The van der Waals surface area contributed by atoms with Gasteiger partial charge in [-0.1, -0.05) is 29.8 Å². The monoisotopic (exact) mass is 519 g/mol. The molecule has 0 atom stereocenters. The van der Waals surface area contributed by atoms with E-state index >= 15 is 0 Å². The van der Waals surface area contributed by atoms with Gasteiger partial charge in [0.25, 0.3) is 11.8 Å². The number of amides is 2. The number of ketones is 1. The van der Waals surface area contributed by atoms with Crippen molar-refractivity contribution in [3.8, 4) is 5.75 Å². The van der Waals surface area contributed by atoms with Crippen LogP contribution in [0.2, 0.25) is 5.02 Å². The summed E-state index contributed by atoms with van der Waals surface area (Å²) in [5, 5.41) is 4.84. The van der Waals surface area contributed by atoms with Gasteiger partial charge in [0.15, 0.2) is 11.4 Å². The van der Waals surface area contributed by atoms with E-state index in [1.165, 1.54) is 0 Å². The highest BCUT2D eigenvalue weighted by Gasteiger charge is 2.35. The van der Waals surface area contributed by atoms with Gasteiger partial charge in [-0.3, -0.25) is 14.4 Å². The van der Waals surface area contributed by atoms with Gasteiger partial charge < -0.3 is 9.64 Å². The van der Waals surface area contributed by atoms with Crippen LogP contribution in [0.5, 0.6) is 5.75 Å². The molecule has 7 nitrogen and oxygen atoms in total. The number of ether oxygens (including phenoxy) is 1. The Hall–Kier alpha value is -3.71. The number of hydrogen-bond donors (Lipinski definition) is 1. The van der Waals surface area contributed by atoms with Crippen LogP contribution in [0.25, 0.3) is 0 Å². The van der Waals surface area contributed by atoms with Gasteiger partial charge in [0, 0.05) is 53.4 Å². The largest absolute Gasteiger partial charge is 0.478 e. The Morgan fingerprint density at radius 2 is 1.57 bits per heavy atom. The molecule has 1 aliphatic carbocycles. The first-order chi connectivity index (χ1) is 17.7. The second-order valence-electron chi connectivity index (χ2n) is 9.52. The summed E-state index contributed by atoms with van der Waals surface area (Å²) in [6, 6.07) is 13.5. The van der Waals surface area contributed by atoms with Crippen molar-refractivity contribution >= 4 is 34.9 Å². The molecule has 2 aromatic carbocycles. The molecule has 0 radical (unpaired) electrons. The highest BCUT2D eigenvalue weighted by molar-refractivity contribution is 6.30. The van der Waals surface area contributed by atoms with E-state index in [9.17, 15) is 14.4 Å². The van der Waals surface area contributed by atoms with Crippen LogP contribution >= 0.6 is 11.6 Å². The van der Waals surface area contributed by atoms with Crippen LogP contribution in [0, 0.1) is 0 Å².